The molecule has 1 fully saturated rings. The van der Waals surface area contributed by atoms with Gasteiger partial charge in [0.25, 0.3) is 5.56 Å². The van der Waals surface area contributed by atoms with Crippen LogP contribution in [0.3, 0.4) is 0 Å². The molecular formula is C18H21N3O3. The van der Waals surface area contributed by atoms with Gasteiger partial charge in [0.2, 0.25) is 0 Å². The Kier molecular flexibility index (Phi) is 4.74. The van der Waals surface area contributed by atoms with E-state index in [1.807, 2.05) is 0 Å². The Morgan fingerprint density at radius 2 is 1.92 bits per heavy atom. The number of aromatic nitrogens is 3. The minimum atomic E-state index is -0.613. The lowest BCUT2D eigenvalue weighted by Crippen LogP contribution is -2.26. The molecule has 0 saturated heterocycles. The van der Waals surface area contributed by atoms with Gasteiger partial charge in [-0.1, -0.05) is 12.8 Å². The van der Waals surface area contributed by atoms with Crippen LogP contribution in [0.15, 0.2) is 29.3 Å². The Labute approximate surface area is 140 Å². The number of nitrogens with one attached hydrogen (secondary N) is 1. The van der Waals surface area contributed by atoms with Crippen LogP contribution in [0.1, 0.15) is 59.2 Å². The summed E-state index contributed by atoms with van der Waals surface area (Å²) in [5, 5.41) is 0. The molecule has 0 bridgehead atoms. The highest BCUT2D eigenvalue weighted by molar-refractivity contribution is 5.90. The van der Waals surface area contributed by atoms with Gasteiger partial charge >= 0.3 is 5.97 Å². The van der Waals surface area contributed by atoms with Crippen LogP contribution in [-0.4, -0.2) is 20.9 Å². The number of nitrogens with zero attached hydrogens (tertiary/aromatic N) is 2. The van der Waals surface area contributed by atoms with Crippen molar-refractivity contribution >= 4 is 5.97 Å². The first-order valence-electron chi connectivity index (χ1n) is 8.24. The number of H-pyrrole nitrogens is 1. The molecule has 2 heterocycles. The number of hydrogen-bond acceptors (Lipinski definition) is 5. The number of esters is 1. The second-order valence-electron chi connectivity index (χ2n) is 6.32. The predicted octanol–water partition coefficient (Wildman–Crippen LogP) is 2.87. The Morgan fingerprint density at radius 3 is 2.54 bits per heavy atom. The highest BCUT2D eigenvalue weighted by atomic mass is 16.5. The molecule has 24 heavy (non-hydrogen) atoms. The summed E-state index contributed by atoms with van der Waals surface area (Å²) in [7, 11) is 0. The fourth-order valence-corrected chi connectivity index (χ4v) is 3.36. The van der Waals surface area contributed by atoms with E-state index >= 15 is 0 Å². The first kappa shape index (κ1) is 16.4. The molecule has 1 saturated carbocycles. The van der Waals surface area contributed by atoms with E-state index in [0.717, 1.165) is 25.7 Å². The maximum Gasteiger partial charge on any atom is 0.344 e. The number of aryl methyl sites for hydroxylation is 2. The molecule has 126 valence electrons. The molecule has 2 aromatic heterocycles. The fraction of sp³-hybridized carbons (Fsp3) is 0.444. The number of ether oxygens (including phenoxy) is 1. The van der Waals surface area contributed by atoms with Gasteiger partial charge in [0, 0.05) is 24.0 Å². The van der Waals surface area contributed by atoms with E-state index in [1.54, 1.807) is 38.4 Å². The van der Waals surface area contributed by atoms with E-state index in [4.69, 9.17) is 4.74 Å². The van der Waals surface area contributed by atoms with Gasteiger partial charge in [-0.3, -0.25) is 4.79 Å². The summed E-state index contributed by atoms with van der Waals surface area (Å²) in [6, 6.07) is 3.49. The van der Waals surface area contributed by atoms with Gasteiger partial charge in [-0.05, 0) is 44.4 Å². The summed E-state index contributed by atoms with van der Waals surface area (Å²) in [4.78, 5) is 36.0. The molecule has 6 heteroatoms. The standard InChI is InChI=1S/C18H21N3O3/c1-11-10-12(2)21-17(22)14(11)18(23)24-15(13-6-3-4-7-13)16-19-8-5-9-20-16/h5,8-10,13,15H,3-4,6-7H2,1-2H3,(H,21,22). The van der Waals surface area contributed by atoms with Crippen LogP contribution in [-0.2, 0) is 4.74 Å². The second-order valence-corrected chi connectivity index (χ2v) is 6.32. The Hall–Kier alpha value is -2.50. The largest absolute Gasteiger partial charge is 0.450 e. The lowest BCUT2D eigenvalue weighted by molar-refractivity contribution is 0.0106. The van der Waals surface area contributed by atoms with Gasteiger partial charge in [-0.25, -0.2) is 14.8 Å². The Morgan fingerprint density at radius 1 is 1.25 bits per heavy atom. The lowest BCUT2D eigenvalue weighted by Gasteiger charge is -2.22. The number of hydrogen-bond donors (Lipinski definition) is 1. The third-order valence-corrected chi connectivity index (χ3v) is 4.47. The smallest absolute Gasteiger partial charge is 0.344 e. The van der Waals surface area contributed by atoms with Crippen LogP contribution in [0.4, 0.5) is 0 Å². The minimum Gasteiger partial charge on any atom is -0.450 e. The lowest BCUT2D eigenvalue weighted by atomic mass is 9.99. The van der Waals surface area contributed by atoms with Crippen molar-refractivity contribution in [3.63, 3.8) is 0 Å². The van der Waals surface area contributed by atoms with Gasteiger partial charge in [0.15, 0.2) is 11.9 Å². The van der Waals surface area contributed by atoms with Gasteiger partial charge < -0.3 is 9.72 Å². The van der Waals surface area contributed by atoms with Crippen molar-refractivity contribution in [3.8, 4) is 0 Å². The summed E-state index contributed by atoms with van der Waals surface area (Å²) in [5.74, 6) is 0.0817. The number of carbonyl (C=O) groups is 1. The van der Waals surface area contributed by atoms with Crippen LogP contribution in [0.25, 0.3) is 0 Å². The van der Waals surface area contributed by atoms with Crippen LogP contribution in [0, 0.1) is 19.8 Å². The van der Waals surface area contributed by atoms with Crippen molar-refractivity contribution in [1.82, 2.24) is 15.0 Å². The molecule has 2 aromatic rings. The molecule has 1 atom stereocenters. The maximum atomic E-state index is 12.6. The van der Waals surface area contributed by atoms with Crippen molar-refractivity contribution in [3.05, 3.63) is 57.5 Å². The maximum absolute atomic E-state index is 12.6. The van der Waals surface area contributed by atoms with Gasteiger partial charge in [-0.15, -0.1) is 0 Å². The summed E-state index contributed by atoms with van der Waals surface area (Å²) in [6.07, 6.45) is 6.93. The van der Waals surface area contributed by atoms with Crippen LogP contribution >= 0.6 is 0 Å². The van der Waals surface area contributed by atoms with Crippen molar-refractivity contribution < 1.29 is 9.53 Å². The third kappa shape index (κ3) is 3.37. The van der Waals surface area contributed by atoms with E-state index in [1.165, 1.54) is 0 Å². The SMILES string of the molecule is Cc1cc(C)c(C(=O)OC(c2ncccn2)C2CCCC2)c(=O)[nH]1. The Bertz CT molecular complexity index is 780. The zero-order valence-corrected chi connectivity index (χ0v) is 13.9. The van der Waals surface area contributed by atoms with Crippen molar-refractivity contribution in [2.24, 2.45) is 5.92 Å². The molecule has 6 nitrogen and oxygen atoms in total. The number of carbonyl (C=O) groups excluding carboxylic acids is 1. The number of rotatable bonds is 4. The zero-order chi connectivity index (χ0) is 17.1. The highest BCUT2D eigenvalue weighted by Gasteiger charge is 2.32. The van der Waals surface area contributed by atoms with E-state index in [-0.39, 0.29) is 11.5 Å². The molecule has 0 radical (unpaired) electrons. The van der Waals surface area contributed by atoms with Crippen LogP contribution in [0.2, 0.25) is 0 Å². The van der Waals surface area contributed by atoms with E-state index < -0.39 is 17.6 Å². The molecule has 3 rings (SSSR count). The molecule has 0 spiro atoms. The normalized spacial score (nSPS) is 16.1. The van der Waals surface area contributed by atoms with Gasteiger partial charge in [-0.2, -0.15) is 0 Å². The summed E-state index contributed by atoms with van der Waals surface area (Å²) >= 11 is 0. The predicted molar refractivity (Wildman–Crippen MR) is 88.7 cm³/mol. The molecule has 1 N–H and O–H groups in total. The van der Waals surface area contributed by atoms with E-state index in [2.05, 4.69) is 15.0 Å². The van der Waals surface area contributed by atoms with Crippen molar-refractivity contribution in [2.75, 3.05) is 0 Å². The molecular weight excluding hydrogens is 306 g/mol. The van der Waals surface area contributed by atoms with Crippen molar-refractivity contribution in [2.45, 2.75) is 45.6 Å². The topological polar surface area (TPSA) is 84.9 Å². The Balaban J connectivity index is 1.90. The number of aromatic amines is 1. The van der Waals surface area contributed by atoms with Crippen LogP contribution < -0.4 is 5.56 Å². The van der Waals surface area contributed by atoms with E-state index in [9.17, 15) is 9.59 Å². The molecule has 0 amide bonds. The molecule has 0 aromatic carbocycles. The fourth-order valence-electron chi connectivity index (χ4n) is 3.36. The summed E-state index contributed by atoms with van der Waals surface area (Å²) in [5.41, 5.74) is 0.962. The quantitative estimate of drug-likeness (QED) is 0.873. The summed E-state index contributed by atoms with van der Waals surface area (Å²) < 4.78 is 5.72. The van der Waals surface area contributed by atoms with Gasteiger partial charge in [0.05, 0.1) is 0 Å². The minimum absolute atomic E-state index is 0.0551. The molecule has 0 aliphatic heterocycles. The van der Waals surface area contributed by atoms with E-state index in [0.29, 0.717) is 17.1 Å². The molecule has 1 aliphatic carbocycles. The average molecular weight is 327 g/mol. The monoisotopic (exact) mass is 327 g/mol. The highest BCUT2D eigenvalue weighted by Crippen LogP contribution is 2.37. The summed E-state index contributed by atoms with van der Waals surface area (Å²) in [6.45, 7) is 3.52. The van der Waals surface area contributed by atoms with Crippen LogP contribution in [0.5, 0.6) is 0 Å². The molecule has 1 aliphatic rings. The second kappa shape index (κ2) is 6.95. The zero-order valence-electron chi connectivity index (χ0n) is 13.9. The third-order valence-electron chi connectivity index (χ3n) is 4.47. The number of pyridine rings is 1. The first-order valence-corrected chi connectivity index (χ1v) is 8.24. The average Bonchev–Trinajstić information content (AvgIpc) is 3.06. The van der Waals surface area contributed by atoms with Crippen molar-refractivity contribution in [1.29, 1.82) is 0 Å². The van der Waals surface area contributed by atoms with Gasteiger partial charge in [0.1, 0.15) is 5.56 Å². The molecule has 1 unspecified atom stereocenters. The first-order chi connectivity index (χ1) is 11.6.